The molecule has 4 nitrogen and oxygen atoms in total. The van der Waals surface area contributed by atoms with Gasteiger partial charge in [-0.2, -0.15) is 0 Å². The Bertz CT molecular complexity index is 727. The Morgan fingerprint density at radius 2 is 1.71 bits per heavy atom. The number of methoxy groups -OCH3 is 1. The molecule has 0 amide bonds. The molecule has 6 heteroatoms. The molecule has 0 atom stereocenters. The fraction of sp³-hybridized carbons (Fsp3) is 0.200. The van der Waals surface area contributed by atoms with E-state index in [1.807, 2.05) is 0 Å². The summed E-state index contributed by atoms with van der Waals surface area (Å²) < 4.78 is 43.7. The molecule has 0 saturated heterocycles. The first kappa shape index (κ1) is 15.5. The molecular formula is C15H16FNO3S. The number of ether oxygens (including phenoxy) is 1. The first-order valence-electron chi connectivity index (χ1n) is 6.31. The molecule has 0 aliphatic heterocycles. The molecule has 2 aromatic carbocycles. The van der Waals surface area contributed by atoms with Gasteiger partial charge >= 0.3 is 0 Å². The lowest BCUT2D eigenvalue weighted by atomic mass is 10.1. The van der Waals surface area contributed by atoms with E-state index in [0.717, 1.165) is 0 Å². The van der Waals surface area contributed by atoms with Gasteiger partial charge in [-0.25, -0.2) is 12.8 Å². The minimum Gasteiger partial charge on any atom is -0.497 e. The molecule has 0 saturated carbocycles. The summed E-state index contributed by atoms with van der Waals surface area (Å²) in [5.41, 5.74) is 5.85. The van der Waals surface area contributed by atoms with Gasteiger partial charge in [0, 0.05) is 17.7 Å². The molecule has 21 heavy (non-hydrogen) atoms. The van der Waals surface area contributed by atoms with Gasteiger partial charge in [0.05, 0.1) is 17.8 Å². The maximum atomic E-state index is 14.1. The third kappa shape index (κ3) is 3.40. The van der Waals surface area contributed by atoms with E-state index in [2.05, 4.69) is 0 Å². The van der Waals surface area contributed by atoms with Crippen molar-refractivity contribution < 1.29 is 17.5 Å². The lowest BCUT2D eigenvalue weighted by molar-refractivity contribution is 0.414. The van der Waals surface area contributed by atoms with Crippen LogP contribution in [0.15, 0.2) is 47.4 Å². The van der Waals surface area contributed by atoms with Crippen LogP contribution < -0.4 is 10.5 Å². The van der Waals surface area contributed by atoms with Crippen LogP contribution in [-0.4, -0.2) is 15.5 Å². The van der Waals surface area contributed by atoms with Crippen molar-refractivity contribution in [3.05, 3.63) is 59.4 Å². The lowest BCUT2D eigenvalue weighted by Crippen LogP contribution is -2.09. The predicted octanol–water partition coefficient (Wildman–Crippen LogP) is 2.27. The summed E-state index contributed by atoms with van der Waals surface area (Å²) in [7, 11) is -2.12. The average molecular weight is 309 g/mol. The summed E-state index contributed by atoms with van der Waals surface area (Å²) in [6, 6.07) is 10.6. The van der Waals surface area contributed by atoms with Crippen LogP contribution in [0, 0.1) is 5.82 Å². The monoisotopic (exact) mass is 309 g/mol. The molecule has 2 rings (SSSR count). The van der Waals surface area contributed by atoms with Crippen LogP contribution in [-0.2, 0) is 22.1 Å². The van der Waals surface area contributed by atoms with Gasteiger partial charge in [-0.05, 0) is 24.3 Å². The molecule has 0 unspecified atom stereocenters. The molecule has 2 N–H and O–H groups in total. The summed E-state index contributed by atoms with van der Waals surface area (Å²) in [6.45, 7) is 0.0300. The molecule has 0 aliphatic carbocycles. The fourth-order valence-corrected chi connectivity index (χ4v) is 3.32. The Labute approximate surface area is 123 Å². The highest BCUT2D eigenvalue weighted by molar-refractivity contribution is 7.90. The number of halogens is 1. The molecular weight excluding hydrogens is 293 g/mol. The maximum absolute atomic E-state index is 14.1. The molecule has 0 heterocycles. The Balaban J connectivity index is 2.32. The second-order valence-corrected chi connectivity index (χ2v) is 6.52. The number of sulfone groups is 1. The molecule has 0 bridgehead atoms. The van der Waals surface area contributed by atoms with Crippen molar-refractivity contribution in [1.82, 2.24) is 0 Å². The number of nitrogens with two attached hydrogens (primary N) is 1. The smallest absolute Gasteiger partial charge is 0.182 e. The summed E-state index contributed by atoms with van der Waals surface area (Å²) in [5, 5.41) is 0. The van der Waals surface area contributed by atoms with Crippen LogP contribution in [0.3, 0.4) is 0 Å². The first-order valence-corrected chi connectivity index (χ1v) is 7.96. The average Bonchev–Trinajstić information content (AvgIpc) is 2.49. The topological polar surface area (TPSA) is 69.4 Å². The Morgan fingerprint density at radius 3 is 2.29 bits per heavy atom. The van der Waals surface area contributed by atoms with Gasteiger partial charge in [-0.1, -0.05) is 18.2 Å². The number of rotatable bonds is 5. The predicted molar refractivity (Wildman–Crippen MR) is 78.2 cm³/mol. The van der Waals surface area contributed by atoms with Gasteiger partial charge < -0.3 is 10.5 Å². The van der Waals surface area contributed by atoms with Crippen LogP contribution in [0.5, 0.6) is 5.75 Å². The van der Waals surface area contributed by atoms with Gasteiger partial charge in [0.2, 0.25) is 0 Å². The quantitative estimate of drug-likeness (QED) is 0.920. The largest absolute Gasteiger partial charge is 0.497 e. The fourth-order valence-electron chi connectivity index (χ4n) is 1.97. The van der Waals surface area contributed by atoms with Crippen LogP contribution >= 0.6 is 0 Å². The van der Waals surface area contributed by atoms with E-state index in [0.29, 0.717) is 11.3 Å². The van der Waals surface area contributed by atoms with E-state index in [-0.39, 0.29) is 17.0 Å². The van der Waals surface area contributed by atoms with E-state index in [9.17, 15) is 12.8 Å². The van der Waals surface area contributed by atoms with Crippen molar-refractivity contribution in [2.45, 2.75) is 17.2 Å². The SMILES string of the molecule is COc1ccc(S(=O)(=O)Cc2cccc(CN)c2F)cc1. The second-order valence-electron chi connectivity index (χ2n) is 4.53. The lowest BCUT2D eigenvalue weighted by Gasteiger charge is -2.09. The standard InChI is InChI=1S/C15H16FNO3S/c1-20-13-5-7-14(8-6-13)21(18,19)10-12-4-2-3-11(9-17)15(12)16/h2-8H,9-10,17H2,1H3. The van der Waals surface area contributed by atoms with Crippen molar-refractivity contribution in [3.8, 4) is 5.75 Å². The molecule has 0 aliphatic rings. The minimum absolute atomic E-state index is 0.0300. The van der Waals surface area contributed by atoms with Gasteiger partial charge in [0.1, 0.15) is 11.6 Å². The summed E-state index contributed by atoms with van der Waals surface area (Å²) in [4.78, 5) is 0.126. The third-order valence-electron chi connectivity index (χ3n) is 3.14. The second kappa shape index (κ2) is 6.24. The Kier molecular flexibility index (Phi) is 4.59. The molecule has 0 spiro atoms. The normalized spacial score (nSPS) is 11.4. The number of benzene rings is 2. The van der Waals surface area contributed by atoms with Crippen LogP contribution in [0.1, 0.15) is 11.1 Å². The summed E-state index contributed by atoms with van der Waals surface area (Å²) in [6.07, 6.45) is 0. The van der Waals surface area contributed by atoms with E-state index in [1.54, 1.807) is 24.3 Å². The Hall–Kier alpha value is -1.92. The summed E-state index contributed by atoms with van der Waals surface area (Å²) in [5.74, 6) is -0.402. The third-order valence-corrected chi connectivity index (χ3v) is 4.82. The molecule has 0 aromatic heterocycles. The number of hydrogen-bond donors (Lipinski definition) is 1. The Morgan fingerprint density at radius 1 is 1.10 bits per heavy atom. The van der Waals surface area contributed by atoms with Crippen molar-refractivity contribution in [3.63, 3.8) is 0 Å². The van der Waals surface area contributed by atoms with Crippen LogP contribution in [0.25, 0.3) is 0 Å². The van der Waals surface area contributed by atoms with Crippen molar-refractivity contribution >= 4 is 9.84 Å². The zero-order valence-electron chi connectivity index (χ0n) is 11.5. The highest BCUT2D eigenvalue weighted by atomic mass is 32.2. The van der Waals surface area contributed by atoms with E-state index in [4.69, 9.17) is 10.5 Å². The van der Waals surface area contributed by atoms with Crippen molar-refractivity contribution in [2.75, 3.05) is 7.11 Å². The molecule has 0 radical (unpaired) electrons. The minimum atomic E-state index is -3.62. The van der Waals surface area contributed by atoms with E-state index < -0.39 is 21.4 Å². The van der Waals surface area contributed by atoms with Gasteiger partial charge in [-0.3, -0.25) is 0 Å². The van der Waals surface area contributed by atoms with E-state index >= 15 is 0 Å². The van der Waals surface area contributed by atoms with Gasteiger partial charge in [-0.15, -0.1) is 0 Å². The zero-order chi connectivity index (χ0) is 15.5. The molecule has 2 aromatic rings. The van der Waals surface area contributed by atoms with Gasteiger partial charge in [0.15, 0.2) is 9.84 Å². The van der Waals surface area contributed by atoms with Crippen molar-refractivity contribution in [1.29, 1.82) is 0 Å². The molecule has 112 valence electrons. The highest BCUT2D eigenvalue weighted by Gasteiger charge is 2.18. The van der Waals surface area contributed by atoms with Crippen molar-refractivity contribution in [2.24, 2.45) is 5.73 Å². The van der Waals surface area contributed by atoms with Gasteiger partial charge in [0.25, 0.3) is 0 Å². The highest BCUT2D eigenvalue weighted by Crippen LogP contribution is 2.22. The molecule has 0 fully saturated rings. The zero-order valence-corrected chi connectivity index (χ0v) is 12.4. The maximum Gasteiger partial charge on any atom is 0.182 e. The summed E-state index contributed by atoms with van der Waals surface area (Å²) >= 11 is 0. The van der Waals surface area contributed by atoms with Crippen LogP contribution in [0.4, 0.5) is 4.39 Å². The van der Waals surface area contributed by atoms with E-state index in [1.165, 1.54) is 25.3 Å². The number of hydrogen-bond acceptors (Lipinski definition) is 4. The van der Waals surface area contributed by atoms with Crippen LogP contribution in [0.2, 0.25) is 0 Å². The first-order chi connectivity index (χ1) is 9.97.